The summed E-state index contributed by atoms with van der Waals surface area (Å²) in [6, 6.07) is 22.1. The lowest BCUT2D eigenvalue weighted by atomic mass is 10.0. The summed E-state index contributed by atoms with van der Waals surface area (Å²) in [7, 11) is 0. The fraction of sp³-hybridized carbons (Fsp3) is 0.0455. The Morgan fingerprint density at radius 1 is 0.846 bits per heavy atom. The van der Waals surface area contributed by atoms with Crippen molar-refractivity contribution in [2.45, 2.75) is 10.1 Å². The van der Waals surface area contributed by atoms with Crippen molar-refractivity contribution < 1.29 is 9.18 Å². The molecule has 2 nitrogen and oxygen atoms in total. The molecule has 0 aromatic heterocycles. The molecule has 0 unspecified atom stereocenters. The first-order valence-corrected chi connectivity index (χ1v) is 9.27. The molecule has 0 amide bonds. The third-order valence-electron chi connectivity index (χ3n) is 4.78. The van der Waals surface area contributed by atoms with Crippen LogP contribution in [0.1, 0.15) is 26.7 Å². The quantitative estimate of drug-likeness (QED) is 0.605. The number of para-hydroxylation sites is 1. The van der Waals surface area contributed by atoms with Crippen LogP contribution >= 0.6 is 11.8 Å². The van der Waals surface area contributed by atoms with Crippen LogP contribution < -0.4 is 5.32 Å². The van der Waals surface area contributed by atoms with Gasteiger partial charge in [-0.1, -0.05) is 48.5 Å². The van der Waals surface area contributed by atoms with Gasteiger partial charge in [0, 0.05) is 21.6 Å². The Hall–Kier alpha value is -2.85. The third kappa shape index (κ3) is 2.30. The number of fused-ring (bicyclic) bond motifs is 3. The topological polar surface area (TPSA) is 29.1 Å². The minimum atomic E-state index is -0.277. The molecule has 3 aromatic rings. The number of Topliss-reactive ketones (excluding diaryl/α,β-unsaturated/α-hetero) is 1. The molecular formula is C22H14FNOS. The van der Waals surface area contributed by atoms with E-state index in [2.05, 4.69) is 5.32 Å². The second-order valence-corrected chi connectivity index (χ2v) is 7.48. The average molecular weight is 359 g/mol. The Balaban J connectivity index is 1.74. The van der Waals surface area contributed by atoms with E-state index in [-0.39, 0.29) is 16.9 Å². The van der Waals surface area contributed by atoms with Gasteiger partial charge in [0.05, 0.1) is 16.6 Å². The molecule has 0 saturated carbocycles. The van der Waals surface area contributed by atoms with Crippen molar-refractivity contribution >= 4 is 28.9 Å². The molecule has 1 heterocycles. The Bertz CT molecular complexity index is 1070. The van der Waals surface area contributed by atoms with Crippen LogP contribution in [0, 0.1) is 5.82 Å². The van der Waals surface area contributed by atoms with Crippen LogP contribution in [-0.2, 0) is 0 Å². The van der Waals surface area contributed by atoms with Crippen molar-refractivity contribution in [1.29, 1.82) is 0 Å². The van der Waals surface area contributed by atoms with Crippen LogP contribution in [-0.4, -0.2) is 5.78 Å². The number of benzene rings is 3. The lowest BCUT2D eigenvalue weighted by Gasteiger charge is -2.17. The predicted octanol–water partition coefficient (Wildman–Crippen LogP) is 5.69. The molecule has 1 N–H and O–H groups in total. The highest BCUT2D eigenvalue weighted by atomic mass is 32.2. The Labute approximate surface area is 154 Å². The molecule has 26 heavy (non-hydrogen) atoms. The second kappa shape index (κ2) is 5.85. The molecule has 1 aliphatic heterocycles. The first-order valence-electron chi connectivity index (χ1n) is 8.39. The highest BCUT2D eigenvalue weighted by Gasteiger charge is 2.37. The summed E-state index contributed by atoms with van der Waals surface area (Å²) >= 11 is 1.62. The maximum absolute atomic E-state index is 13.4. The summed E-state index contributed by atoms with van der Waals surface area (Å²) in [4.78, 5) is 14.3. The van der Waals surface area contributed by atoms with Gasteiger partial charge in [-0.3, -0.25) is 4.79 Å². The van der Waals surface area contributed by atoms with E-state index >= 15 is 0 Å². The van der Waals surface area contributed by atoms with Gasteiger partial charge in [-0.05, 0) is 29.8 Å². The number of rotatable bonds is 1. The zero-order valence-corrected chi connectivity index (χ0v) is 14.5. The number of anilines is 1. The SMILES string of the molecule is O=C1C2=C(Nc3ccccc3S[C@H]2c2ccc(F)cc2)c2ccccc21. The van der Waals surface area contributed by atoms with E-state index in [1.54, 1.807) is 23.9 Å². The van der Waals surface area contributed by atoms with Crippen molar-refractivity contribution in [2.24, 2.45) is 0 Å². The van der Waals surface area contributed by atoms with E-state index in [1.165, 1.54) is 12.1 Å². The number of hydrogen-bond donors (Lipinski definition) is 1. The van der Waals surface area contributed by atoms with Crippen molar-refractivity contribution in [3.63, 3.8) is 0 Å². The molecule has 4 heteroatoms. The van der Waals surface area contributed by atoms with Crippen molar-refractivity contribution in [1.82, 2.24) is 0 Å². The molecule has 1 aliphatic carbocycles. The molecule has 5 rings (SSSR count). The minimum Gasteiger partial charge on any atom is -0.354 e. The minimum absolute atomic E-state index is 0.0396. The summed E-state index contributed by atoms with van der Waals surface area (Å²) in [5.74, 6) is -0.237. The van der Waals surface area contributed by atoms with E-state index in [1.807, 2.05) is 48.5 Å². The van der Waals surface area contributed by atoms with Crippen LogP contribution in [0.25, 0.3) is 5.70 Å². The van der Waals surface area contributed by atoms with Crippen molar-refractivity contribution in [3.8, 4) is 0 Å². The number of carbonyl (C=O) groups is 1. The summed E-state index contributed by atoms with van der Waals surface area (Å²) in [5.41, 5.74) is 5.15. The van der Waals surface area contributed by atoms with Crippen LogP contribution in [0.2, 0.25) is 0 Å². The zero-order chi connectivity index (χ0) is 17.7. The largest absolute Gasteiger partial charge is 0.354 e. The number of carbonyl (C=O) groups excluding carboxylic acids is 1. The number of halogens is 1. The van der Waals surface area contributed by atoms with Gasteiger partial charge in [0.2, 0.25) is 0 Å². The maximum Gasteiger partial charge on any atom is 0.193 e. The lowest BCUT2D eigenvalue weighted by Crippen LogP contribution is -2.07. The number of nitrogens with one attached hydrogen (secondary N) is 1. The fourth-order valence-electron chi connectivity index (χ4n) is 3.55. The zero-order valence-electron chi connectivity index (χ0n) is 13.7. The Morgan fingerprint density at radius 2 is 1.54 bits per heavy atom. The summed E-state index contributed by atoms with van der Waals surface area (Å²) in [6.07, 6.45) is 0. The highest BCUT2D eigenvalue weighted by molar-refractivity contribution is 8.00. The van der Waals surface area contributed by atoms with Gasteiger partial charge < -0.3 is 5.32 Å². The van der Waals surface area contributed by atoms with Gasteiger partial charge in [0.1, 0.15) is 5.82 Å². The van der Waals surface area contributed by atoms with Crippen LogP contribution in [0.5, 0.6) is 0 Å². The summed E-state index contributed by atoms with van der Waals surface area (Å²) in [6.45, 7) is 0. The number of hydrogen-bond acceptors (Lipinski definition) is 3. The monoisotopic (exact) mass is 359 g/mol. The van der Waals surface area contributed by atoms with E-state index in [9.17, 15) is 9.18 Å². The fourth-order valence-corrected chi connectivity index (χ4v) is 4.85. The van der Waals surface area contributed by atoms with E-state index < -0.39 is 0 Å². The molecule has 0 spiro atoms. The van der Waals surface area contributed by atoms with E-state index in [0.29, 0.717) is 0 Å². The van der Waals surface area contributed by atoms with Gasteiger partial charge in [-0.25, -0.2) is 4.39 Å². The molecular weight excluding hydrogens is 345 g/mol. The number of ketones is 1. The van der Waals surface area contributed by atoms with Gasteiger partial charge in [-0.15, -0.1) is 11.8 Å². The molecule has 0 saturated heterocycles. The van der Waals surface area contributed by atoms with Gasteiger partial charge in [0.15, 0.2) is 5.78 Å². The normalized spacial score (nSPS) is 17.9. The molecule has 0 radical (unpaired) electrons. The molecule has 126 valence electrons. The molecule has 2 aliphatic rings. The smallest absolute Gasteiger partial charge is 0.193 e. The third-order valence-corrected chi connectivity index (χ3v) is 6.13. The Kier molecular flexibility index (Phi) is 3.47. The summed E-state index contributed by atoms with van der Waals surface area (Å²) in [5, 5.41) is 3.29. The van der Waals surface area contributed by atoms with Crippen LogP contribution in [0.3, 0.4) is 0 Å². The van der Waals surface area contributed by atoms with Gasteiger partial charge in [-0.2, -0.15) is 0 Å². The van der Waals surface area contributed by atoms with Crippen molar-refractivity contribution in [2.75, 3.05) is 5.32 Å². The first kappa shape index (κ1) is 15.4. The van der Waals surface area contributed by atoms with Crippen molar-refractivity contribution in [3.05, 3.63) is 101 Å². The molecule has 0 bridgehead atoms. The van der Waals surface area contributed by atoms with Crippen LogP contribution in [0.15, 0.2) is 83.3 Å². The molecule has 3 aromatic carbocycles. The average Bonchev–Trinajstić information content (AvgIpc) is 2.84. The first-order chi connectivity index (χ1) is 12.7. The Morgan fingerprint density at radius 3 is 2.35 bits per heavy atom. The van der Waals surface area contributed by atoms with Gasteiger partial charge >= 0.3 is 0 Å². The summed E-state index contributed by atoms with van der Waals surface area (Å²) < 4.78 is 13.4. The van der Waals surface area contributed by atoms with E-state index in [4.69, 9.17) is 0 Å². The standard InChI is InChI=1S/C22H14FNOS/c23-14-11-9-13(10-12-14)22-19-20(15-5-1-2-6-16(15)21(19)25)24-17-7-3-4-8-18(17)26-22/h1-12,22,24H/t22-/m0/s1. The number of thioether (sulfide) groups is 1. The lowest BCUT2D eigenvalue weighted by molar-refractivity contribution is 0.103. The molecule has 0 fully saturated rings. The second-order valence-electron chi connectivity index (χ2n) is 6.33. The van der Waals surface area contributed by atoms with E-state index in [0.717, 1.165) is 38.5 Å². The predicted molar refractivity (Wildman–Crippen MR) is 103 cm³/mol. The highest BCUT2D eigenvalue weighted by Crippen LogP contribution is 2.52. The van der Waals surface area contributed by atoms with Gasteiger partial charge in [0.25, 0.3) is 0 Å². The maximum atomic E-state index is 13.4. The molecule has 1 atom stereocenters. The van der Waals surface area contributed by atoms with Crippen LogP contribution in [0.4, 0.5) is 10.1 Å².